The Balaban J connectivity index is 1.12. The lowest BCUT2D eigenvalue weighted by Crippen LogP contribution is -2.23. The largest absolute Gasteiger partial charge is 0.493 e. The fourth-order valence-corrected chi connectivity index (χ4v) is 5.34. The van der Waals surface area contributed by atoms with Gasteiger partial charge in [0.15, 0.2) is 11.5 Å². The van der Waals surface area contributed by atoms with Crippen LogP contribution in [0, 0.1) is 0 Å². The number of ether oxygens (including phenoxy) is 2. The van der Waals surface area contributed by atoms with E-state index in [0.717, 1.165) is 42.2 Å². The number of fused-ring (bicyclic) bond motifs is 2. The van der Waals surface area contributed by atoms with Crippen LogP contribution < -0.4 is 30.9 Å². The zero-order valence-electron chi connectivity index (χ0n) is 26.1. The van der Waals surface area contributed by atoms with Crippen LogP contribution in [-0.4, -0.2) is 42.4 Å². The standard InChI is InChI=1S/C36H33N5O6/c1-41-30-13-10-23(16-24(30)20-38-41)19-37-15-14-22-8-11-25(12-9-22)39-35(43)27-17-32(45-2)33(46-3)18-29(27)40-36(44)28-21-47-31-7-5-4-6-26(31)34(28)42/h4-13,16-18,20-21,37H,14-15,19H2,1-3H3,(H,39,43)(H,40,44). The molecule has 6 rings (SSSR count). The van der Waals surface area contributed by atoms with E-state index < -0.39 is 17.2 Å². The maximum Gasteiger partial charge on any atom is 0.262 e. The SMILES string of the molecule is COc1cc(NC(=O)c2coc3ccccc3c2=O)c(C(=O)Nc2ccc(CCNCc3ccc4c(cnn4C)c3)cc2)cc1OC. The molecule has 2 aromatic heterocycles. The van der Waals surface area contributed by atoms with Crippen molar-refractivity contribution in [2.75, 3.05) is 31.4 Å². The molecule has 0 saturated heterocycles. The molecule has 47 heavy (non-hydrogen) atoms. The maximum absolute atomic E-state index is 13.5. The molecule has 11 heteroatoms. The predicted octanol–water partition coefficient (Wildman–Crippen LogP) is 5.53. The molecule has 0 aliphatic heterocycles. The highest BCUT2D eigenvalue weighted by molar-refractivity contribution is 6.13. The smallest absolute Gasteiger partial charge is 0.262 e. The molecule has 4 aromatic carbocycles. The Bertz CT molecular complexity index is 2150. The fraction of sp³-hybridized carbons (Fsp3) is 0.167. The fourth-order valence-electron chi connectivity index (χ4n) is 5.34. The van der Waals surface area contributed by atoms with Crippen LogP contribution >= 0.6 is 0 Å². The van der Waals surface area contributed by atoms with Gasteiger partial charge in [0.2, 0.25) is 5.43 Å². The molecule has 0 radical (unpaired) electrons. The normalized spacial score (nSPS) is 11.0. The lowest BCUT2D eigenvalue weighted by Gasteiger charge is -2.16. The first-order valence-electron chi connectivity index (χ1n) is 14.9. The average Bonchev–Trinajstić information content (AvgIpc) is 3.46. The number of benzene rings is 4. The number of hydrogen-bond acceptors (Lipinski definition) is 8. The van der Waals surface area contributed by atoms with Crippen molar-refractivity contribution in [3.63, 3.8) is 0 Å². The Labute approximate surface area is 270 Å². The number of aryl methyl sites for hydroxylation is 1. The van der Waals surface area contributed by atoms with Crippen molar-refractivity contribution in [3.8, 4) is 11.5 Å². The molecule has 3 N–H and O–H groups in total. The number of nitrogens with zero attached hydrogens (tertiary/aromatic N) is 2. The third kappa shape index (κ3) is 6.70. The van der Waals surface area contributed by atoms with Gasteiger partial charge in [-0.3, -0.25) is 19.1 Å². The Morgan fingerprint density at radius 1 is 0.851 bits per heavy atom. The number of rotatable bonds is 11. The number of carbonyl (C=O) groups excluding carboxylic acids is 2. The third-order valence-corrected chi connectivity index (χ3v) is 7.88. The van der Waals surface area contributed by atoms with Gasteiger partial charge in [-0.15, -0.1) is 0 Å². The summed E-state index contributed by atoms with van der Waals surface area (Å²) in [7, 11) is 4.82. The first-order chi connectivity index (χ1) is 22.8. The molecule has 0 aliphatic rings. The third-order valence-electron chi connectivity index (χ3n) is 7.88. The van der Waals surface area contributed by atoms with Gasteiger partial charge in [-0.2, -0.15) is 5.10 Å². The van der Waals surface area contributed by atoms with Crippen LogP contribution in [0.4, 0.5) is 11.4 Å². The van der Waals surface area contributed by atoms with Crippen LogP contribution in [0.3, 0.4) is 0 Å². The van der Waals surface area contributed by atoms with Gasteiger partial charge in [0.25, 0.3) is 11.8 Å². The lowest BCUT2D eigenvalue weighted by molar-refractivity contribution is 0.102. The van der Waals surface area contributed by atoms with Crippen molar-refractivity contribution in [1.29, 1.82) is 0 Å². The van der Waals surface area contributed by atoms with Crippen molar-refractivity contribution in [2.45, 2.75) is 13.0 Å². The van der Waals surface area contributed by atoms with Gasteiger partial charge in [0, 0.05) is 30.7 Å². The number of anilines is 2. The van der Waals surface area contributed by atoms with Crippen LogP contribution in [0.15, 0.2) is 101 Å². The summed E-state index contributed by atoms with van der Waals surface area (Å²) < 4.78 is 18.2. The highest BCUT2D eigenvalue weighted by atomic mass is 16.5. The molecule has 238 valence electrons. The zero-order chi connectivity index (χ0) is 32.9. The van der Waals surface area contributed by atoms with E-state index in [0.29, 0.717) is 22.8 Å². The van der Waals surface area contributed by atoms with Gasteiger partial charge in [0.05, 0.1) is 42.6 Å². The summed E-state index contributed by atoms with van der Waals surface area (Å²) in [6.45, 7) is 1.52. The van der Waals surface area contributed by atoms with Crippen molar-refractivity contribution < 1.29 is 23.5 Å². The summed E-state index contributed by atoms with van der Waals surface area (Å²) in [5.74, 6) is -0.641. The number of aromatic nitrogens is 2. The molecule has 0 saturated carbocycles. The highest BCUT2D eigenvalue weighted by Gasteiger charge is 2.21. The molecule has 2 amide bonds. The van der Waals surface area contributed by atoms with Crippen molar-refractivity contribution >= 4 is 45.1 Å². The zero-order valence-corrected chi connectivity index (χ0v) is 26.1. The van der Waals surface area contributed by atoms with Crippen LogP contribution in [-0.2, 0) is 20.0 Å². The van der Waals surface area contributed by atoms with E-state index in [1.807, 2.05) is 42.2 Å². The van der Waals surface area contributed by atoms with E-state index in [1.165, 1.54) is 31.9 Å². The van der Waals surface area contributed by atoms with Gasteiger partial charge in [-0.05, 0) is 66.6 Å². The second kappa shape index (κ2) is 13.6. The van der Waals surface area contributed by atoms with E-state index in [2.05, 4.69) is 39.2 Å². The Morgan fingerprint density at radius 3 is 2.36 bits per heavy atom. The van der Waals surface area contributed by atoms with Crippen LogP contribution in [0.25, 0.3) is 21.9 Å². The Kier molecular flexibility index (Phi) is 8.98. The summed E-state index contributed by atoms with van der Waals surface area (Å²) >= 11 is 0. The number of nitrogens with one attached hydrogen (secondary N) is 3. The molecule has 0 atom stereocenters. The summed E-state index contributed by atoms with van der Waals surface area (Å²) in [5, 5.41) is 14.7. The van der Waals surface area contributed by atoms with Gasteiger partial charge >= 0.3 is 0 Å². The minimum Gasteiger partial charge on any atom is -0.493 e. The topological polar surface area (TPSA) is 137 Å². The average molecular weight is 632 g/mol. The minimum atomic E-state index is -0.735. The van der Waals surface area contributed by atoms with E-state index >= 15 is 0 Å². The van der Waals surface area contributed by atoms with Crippen LogP contribution in [0.2, 0.25) is 0 Å². The lowest BCUT2D eigenvalue weighted by atomic mass is 10.1. The molecule has 11 nitrogen and oxygen atoms in total. The van der Waals surface area contributed by atoms with Crippen molar-refractivity contribution in [3.05, 3.63) is 124 Å². The first kappa shape index (κ1) is 31.1. The summed E-state index contributed by atoms with van der Waals surface area (Å²) in [6, 6.07) is 23.5. The molecule has 0 fully saturated rings. The Morgan fingerprint density at radius 2 is 1.57 bits per heavy atom. The van der Waals surface area contributed by atoms with Crippen LogP contribution in [0.1, 0.15) is 31.8 Å². The van der Waals surface area contributed by atoms with Gasteiger partial charge in [-0.25, -0.2) is 0 Å². The molecule has 0 unspecified atom stereocenters. The van der Waals surface area contributed by atoms with Gasteiger partial charge in [-0.1, -0.05) is 30.3 Å². The van der Waals surface area contributed by atoms with Gasteiger partial charge in [0.1, 0.15) is 17.4 Å². The molecule has 2 heterocycles. The van der Waals surface area contributed by atoms with E-state index in [4.69, 9.17) is 13.9 Å². The molecule has 6 aromatic rings. The van der Waals surface area contributed by atoms with Crippen molar-refractivity contribution in [1.82, 2.24) is 15.1 Å². The number of methoxy groups -OCH3 is 2. The second-order valence-electron chi connectivity index (χ2n) is 10.9. The number of amides is 2. The summed E-state index contributed by atoms with van der Waals surface area (Å²) in [5.41, 5.74) is 3.87. The van der Waals surface area contributed by atoms with E-state index in [-0.39, 0.29) is 22.2 Å². The number of carbonyl (C=O) groups is 2. The summed E-state index contributed by atoms with van der Waals surface area (Å²) in [4.78, 5) is 39.8. The molecule has 0 bridgehead atoms. The monoisotopic (exact) mass is 631 g/mol. The van der Waals surface area contributed by atoms with Crippen LogP contribution in [0.5, 0.6) is 11.5 Å². The minimum absolute atomic E-state index is 0.110. The quantitative estimate of drug-likeness (QED) is 0.159. The number of hydrogen-bond donors (Lipinski definition) is 3. The molecular formula is C36H33N5O6. The first-order valence-corrected chi connectivity index (χ1v) is 14.9. The van der Waals surface area contributed by atoms with Gasteiger partial charge < -0.3 is 29.8 Å². The maximum atomic E-state index is 13.5. The molecular weight excluding hydrogens is 598 g/mol. The predicted molar refractivity (Wildman–Crippen MR) is 181 cm³/mol. The molecule has 0 spiro atoms. The van der Waals surface area contributed by atoms with E-state index in [9.17, 15) is 14.4 Å². The summed E-state index contributed by atoms with van der Waals surface area (Å²) in [6.07, 6.45) is 3.78. The second-order valence-corrected chi connectivity index (χ2v) is 10.9. The van der Waals surface area contributed by atoms with Crippen molar-refractivity contribution in [2.24, 2.45) is 7.05 Å². The molecule has 0 aliphatic carbocycles. The number of para-hydroxylation sites is 1. The van der Waals surface area contributed by atoms with E-state index in [1.54, 1.807) is 24.3 Å². The Hall–Kier alpha value is -5.94. The highest BCUT2D eigenvalue weighted by Crippen LogP contribution is 2.34.